The van der Waals surface area contributed by atoms with Gasteiger partial charge >= 0.3 is 12.0 Å². The van der Waals surface area contributed by atoms with E-state index in [9.17, 15) is 14.4 Å². The smallest absolute Gasteiger partial charge is 0.331 e. The van der Waals surface area contributed by atoms with Gasteiger partial charge < -0.3 is 14.5 Å². The van der Waals surface area contributed by atoms with Crippen molar-refractivity contribution >= 4 is 46.6 Å². The lowest BCUT2D eigenvalue weighted by Gasteiger charge is -2.21. The molecule has 1 aromatic rings. The van der Waals surface area contributed by atoms with Gasteiger partial charge in [0.2, 0.25) is 0 Å². The van der Waals surface area contributed by atoms with Gasteiger partial charge in [-0.05, 0) is 68.5 Å². The molecule has 1 heterocycles. The minimum absolute atomic E-state index is 0.479. The molecule has 0 aliphatic heterocycles. The highest BCUT2D eigenvalue weighted by atomic mass is 127. The van der Waals surface area contributed by atoms with Crippen LogP contribution in [0.2, 0.25) is 0 Å². The molecule has 1 aromatic heterocycles. The lowest BCUT2D eigenvalue weighted by Crippen LogP contribution is -2.50. The summed E-state index contributed by atoms with van der Waals surface area (Å²) in [6, 6.07) is 2.79. The molecule has 0 bridgehead atoms. The summed E-state index contributed by atoms with van der Waals surface area (Å²) in [4.78, 5) is 34.9. The van der Waals surface area contributed by atoms with E-state index in [1.807, 2.05) is 22.6 Å². The third kappa shape index (κ3) is 7.82. The molecule has 0 fully saturated rings. The molecule has 1 atom stereocenters. The highest BCUT2D eigenvalue weighted by Crippen LogP contribution is 2.11. The van der Waals surface area contributed by atoms with E-state index in [4.69, 9.17) is 9.15 Å². The number of ether oxygens (including phenoxy) is 1. The number of rotatable bonds is 4. The maximum absolute atomic E-state index is 11.8. The van der Waals surface area contributed by atoms with Crippen molar-refractivity contribution in [3.05, 3.63) is 27.7 Å². The van der Waals surface area contributed by atoms with Crippen LogP contribution in [0.5, 0.6) is 0 Å². The summed E-state index contributed by atoms with van der Waals surface area (Å²) in [7, 11) is 0. The van der Waals surface area contributed by atoms with E-state index in [1.165, 1.54) is 13.0 Å². The number of carbonyl (C=O) groups excluding carboxylic acids is 3. The summed E-state index contributed by atoms with van der Waals surface area (Å²) < 4.78 is 10.8. The number of esters is 1. The normalized spacial score (nSPS) is 12.7. The first-order chi connectivity index (χ1) is 10.6. The topological polar surface area (TPSA) is 97.6 Å². The summed E-state index contributed by atoms with van der Waals surface area (Å²) in [5.74, 6) is -0.927. The third-order valence-electron chi connectivity index (χ3n) is 2.37. The summed E-state index contributed by atoms with van der Waals surface area (Å²) in [6.45, 7) is 6.71. The van der Waals surface area contributed by atoms with Gasteiger partial charge in [-0.3, -0.25) is 10.1 Å². The minimum Gasteiger partial charge on any atom is -0.451 e. The molecular weight excluding hydrogens is 415 g/mol. The van der Waals surface area contributed by atoms with E-state index in [0.717, 1.165) is 6.08 Å². The Hall–Kier alpha value is -1.84. The molecule has 0 aliphatic carbocycles. The number of halogens is 1. The molecule has 0 aliphatic rings. The van der Waals surface area contributed by atoms with Crippen LogP contribution in [0.25, 0.3) is 6.08 Å². The lowest BCUT2D eigenvalue weighted by atomic mass is 10.1. The van der Waals surface area contributed by atoms with Crippen molar-refractivity contribution < 1.29 is 23.5 Å². The van der Waals surface area contributed by atoms with Crippen molar-refractivity contribution in [2.75, 3.05) is 0 Å². The number of carbonyl (C=O) groups is 3. The number of imide groups is 1. The van der Waals surface area contributed by atoms with E-state index in [1.54, 1.807) is 32.9 Å². The van der Waals surface area contributed by atoms with E-state index in [-0.39, 0.29) is 0 Å². The zero-order chi connectivity index (χ0) is 17.6. The van der Waals surface area contributed by atoms with Crippen LogP contribution in [-0.2, 0) is 14.3 Å². The van der Waals surface area contributed by atoms with E-state index in [0.29, 0.717) is 9.53 Å². The molecule has 0 radical (unpaired) electrons. The second kappa shape index (κ2) is 8.14. The number of urea groups is 1. The number of furan rings is 1. The molecule has 1 rings (SSSR count). The first kappa shape index (κ1) is 19.2. The average molecular weight is 434 g/mol. The Morgan fingerprint density at radius 1 is 1.30 bits per heavy atom. The molecule has 126 valence electrons. The maximum atomic E-state index is 11.8. The number of amides is 3. The summed E-state index contributed by atoms with van der Waals surface area (Å²) in [6.07, 6.45) is 1.48. The van der Waals surface area contributed by atoms with Gasteiger partial charge in [0, 0.05) is 11.6 Å². The third-order valence-corrected chi connectivity index (χ3v) is 2.94. The van der Waals surface area contributed by atoms with Gasteiger partial charge in [-0.2, -0.15) is 0 Å². The van der Waals surface area contributed by atoms with Crippen LogP contribution < -0.4 is 10.6 Å². The van der Waals surface area contributed by atoms with Crippen molar-refractivity contribution in [2.24, 2.45) is 0 Å². The molecule has 0 spiro atoms. The standard InChI is InChI=1S/C15H19IN2O5/c1-9(13(20)17-14(21)18-15(2,3)4)22-12(19)8-6-10-5-7-11(16)23-10/h5-9H,1-4H3,(H2,17,18,20,21)/b8-6+. The Labute approximate surface area is 148 Å². The SMILES string of the molecule is CC(OC(=O)/C=C/c1ccc(I)o1)C(=O)NC(=O)NC(C)(C)C. The molecule has 3 amide bonds. The van der Waals surface area contributed by atoms with Crippen LogP contribution in [0.15, 0.2) is 22.6 Å². The van der Waals surface area contributed by atoms with Crippen LogP contribution in [-0.4, -0.2) is 29.6 Å². The predicted molar refractivity (Wildman–Crippen MR) is 92.4 cm³/mol. The fraction of sp³-hybridized carbons (Fsp3) is 0.400. The van der Waals surface area contributed by atoms with Gasteiger partial charge in [-0.15, -0.1) is 0 Å². The molecule has 0 saturated carbocycles. The lowest BCUT2D eigenvalue weighted by molar-refractivity contribution is -0.149. The van der Waals surface area contributed by atoms with Crippen molar-refractivity contribution in [1.29, 1.82) is 0 Å². The predicted octanol–water partition coefficient (Wildman–Crippen LogP) is 2.45. The van der Waals surface area contributed by atoms with Crippen LogP contribution in [0.1, 0.15) is 33.5 Å². The van der Waals surface area contributed by atoms with Gasteiger partial charge in [0.15, 0.2) is 9.87 Å². The Morgan fingerprint density at radius 3 is 2.48 bits per heavy atom. The molecule has 2 N–H and O–H groups in total. The number of nitrogens with one attached hydrogen (secondary N) is 2. The second-order valence-corrected chi connectivity index (χ2v) is 6.81. The zero-order valence-electron chi connectivity index (χ0n) is 13.3. The van der Waals surface area contributed by atoms with Gasteiger partial charge in [-0.25, -0.2) is 9.59 Å². The van der Waals surface area contributed by atoms with Crippen molar-refractivity contribution in [1.82, 2.24) is 10.6 Å². The number of hydrogen-bond acceptors (Lipinski definition) is 5. The largest absolute Gasteiger partial charge is 0.451 e. The summed E-state index contributed by atoms with van der Waals surface area (Å²) in [5.41, 5.74) is -0.479. The zero-order valence-corrected chi connectivity index (χ0v) is 15.5. The Morgan fingerprint density at radius 2 is 1.96 bits per heavy atom. The molecular formula is C15H19IN2O5. The molecule has 0 saturated heterocycles. The average Bonchev–Trinajstić information content (AvgIpc) is 2.79. The van der Waals surface area contributed by atoms with Gasteiger partial charge in [0.1, 0.15) is 5.76 Å². The molecule has 0 aromatic carbocycles. The van der Waals surface area contributed by atoms with Crippen LogP contribution in [0.3, 0.4) is 0 Å². The van der Waals surface area contributed by atoms with Gasteiger partial charge in [-0.1, -0.05) is 0 Å². The molecule has 1 unspecified atom stereocenters. The fourth-order valence-corrected chi connectivity index (χ4v) is 1.85. The minimum atomic E-state index is -1.10. The highest BCUT2D eigenvalue weighted by Gasteiger charge is 2.21. The molecule has 8 heteroatoms. The highest BCUT2D eigenvalue weighted by molar-refractivity contribution is 14.1. The molecule has 23 heavy (non-hydrogen) atoms. The first-order valence-electron chi connectivity index (χ1n) is 6.84. The molecule has 7 nitrogen and oxygen atoms in total. The quantitative estimate of drug-likeness (QED) is 0.431. The Bertz CT molecular complexity index is 616. The van der Waals surface area contributed by atoms with E-state index >= 15 is 0 Å². The van der Waals surface area contributed by atoms with Crippen LogP contribution in [0.4, 0.5) is 4.79 Å². The van der Waals surface area contributed by atoms with Gasteiger partial charge in [0.25, 0.3) is 5.91 Å². The summed E-state index contributed by atoms with van der Waals surface area (Å²) >= 11 is 2.00. The van der Waals surface area contributed by atoms with E-state index in [2.05, 4.69) is 10.6 Å². The van der Waals surface area contributed by atoms with Crippen molar-refractivity contribution in [3.8, 4) is 0 Å². The summed E-state index contributed by atoms with van der Waals surface area (Å²) in [5, 5.41) is 4.68. The van der Waals surface area contributed by atoms with Crippen molar-refractivity contribution in [2.45, 2.75) is 39.3 Å². The number of hydrogen-bond donors (Lipinski definition) is 2. The second-order valence-electron chi connectivity index (χ2n) is 5.75. The maximum Gasteiger partial charge on any atom is 0.331 e. The fourth-order valence-electron chi connectivity index (χ4n) is 1.42. The monoisotopic (exact) mass is 434 g/mol. The van der Waals surface area contributed by atoms with Crippen LogP contribution in [0, 0.1) is 3.77 Å². The first-order valence-corrected chi connectivity index (χ1v) is 7.92. The Kier molecular flexibility index (Phi) is 6.79. The van der Waals surface area contributed by atoms with Crippen LogP contribution >= 0.6 is 22.6 Å². The van der Waals surface area contributed by atoms with Crippen molar-refractivity contribution in [3.63, 3.8) is 0 Å². The Balaban J connectivity index is 2.46. The van der Waals surface area contributed by atoms with Gasteiger partial charge in [0.05, 0.1) is 0 Å². The van der Waals surface area contributed by atoms with E-state index < -0.39 is 29.6 Å².